The lowest BCUT2D eigenvalue weighted by Gasteiger charge is -2.24. The van der Waals surface area contributed by atoms with Crippen molar-refractivity contribution in [1.29, 1.82) is 0 Å². The Labute approximate surface area is 224 Å². The molecule has 2 unspecified atom stereocenters. The average molecular weight is 570 g/mol. The normalized spacial score (nSPS) is 17.5. The van der Waals surface area contributed by atoms with E-state index in [1.807, 2.05) is 11.9 Å². The molecule has 1 aliphatic rings. The zero-order valence-corrected chi connectivity index (χ0v) is 21.2. The molecule has 2 aromatic carbocycles. The number of aliphatic hydroxyl groups is 1. The maximum Gasteiger partial charge on any atom is 0.328 e. The van der Waals surface area contributed by atoms with Gasteiger partial charge < -0.3 is 34.8 Å². The monoisotopic (exact) mass is 569 g/mol. The summed E-state index contributed by atoms with van der Waals surface area (Å²) < 4.78 is 20.0. The number of hydrogen-bond donors (Lipinski definition) is 5. The van der Waals surface area contributed by atoms with E-state index in [-0.39, 0.29) is 56.7 Å². The van der Waals surface area contributed by atoms with Gasteiger partial charge in [0.15, 0.2) is 5.43 Å². The smallest absolute Gasteiger partial charge is 0.328 e. The van der Waals surface area contributed by atoms with Crippen LogP contribution in [0, 0.1) is 5.82 Å². The molecule has 0 aliphatic carbocycles. The van der Waals surface area contributed by atoms with Gasteiger partial charge in [0.05, 0.1) is 16.7 Å². The van der Waals surface area contributed by atoms with Crippen molar-refractivity contribution < 1.29 is 43.9 Å². The van der Waals surface area contributed by atoms with Crippen molar-refractivity contribution >= 4 is 46.1 Å². The molecule has 38 heavy (non-hydrogen) atoms. The maximum atomic E-state index is 14.0. The molecule has 0 radical (unpaired) electrons. The van der Waals surface area contributed by atoms with Crippen LogP contribution in [0.5, 0.6) is 11.5 Å². The van der Waals surface area contributed by atoms with Gasteiger partial charge in [-0.2, -0.15) is 0 Å². The number of rotatable bonds is 5. The zero-order chi connectivity index (χ0) is 28.3. The summed E-state index contributed by atoms with van der Waals surface area (Å²) in [5, 5.41) is 46.1. The summed E-state index contributed by atoms with van der Waals surface area (Å²) in [7, 11) is 1.85. The number of benzene rings is 2. The van der Waals surface area contributed by atoms with E-state index in [1.54, 1.807) is 0 Å². The average Bonchev–Trinajstić information content (AvgIpc) is 3.19. The summed E-state index contributed by atoms with van der Waals surface area (Å²) in [4.78, 5) is 33.9. The predicted molar refractivity (Wildman–Crippen MR) is 137 cm³/mol. The van der Waals surface area contributed by atoms with Crippen molar-refractivity contribution in [3.05, 3.63) is 68.1 Å². The Morgan fingerprint density at radius 3 is 2.29 bits per heavy atom. The minimum absolute atomic E-state index is 0.0276. The van der Waals surface area contributed by atoms with Crippen molar-refractivity contribution in [2.45, 2.75) is 18.4 Å². The molecule has 202 valence electrons. The lowest BCUT2D eigenvalue weighted by Crippen LogP contribution is -2.32. The number of aromatic hydroxyl groups is 2. The van der Waals surface area contributed by atoms with Gasteiger partial charge in [0.25, 0.3) is 0 Å². The van der Waals surface area contributed by atoms with E-state index in [2.05, 4.69) is 0 Å². The van der Waals surface area contributed by atoms with E-state index >= 15 is 0 Å². The van der Waals surface area contributed by atoms with E-state index in [1.165, 1.54) is 6.07 Å². The molecule has 4 rings (SSSR count). The zero-order valence-electron chi connectivity index (χ0n) is 19.7. The number of carboxylic acids is 2. The Hall–Kier alpha value is -3.64. The van der Waals surface area contributed by atoms with Crippen LogP contribution in [0.1, 0.15) is 17.9 Å². The molecule has 5 N–H and O–H groups in total. The van der Waals surface area contributed by atoms with E-state index in [0.717, 1.165) is 18.2 Å². The van der Waals surface area contributed by atoms with Crippen LogP contribution in [0.2, 0.25) is 10.0 Å². The molecule has 1 aliphatic heterocycles. The fourth-order valence-electron chi connectivity index (χ4n) is 4.28. The maximum absolute atomic E-state index is 14.0. The molecular formula is C25H22Cl2FNO9. The Morgan fingerprint density at radius 1 is 1.08 bits per heavy atom. The van der Waals surface area contributed by atoms with Crippen LogP contribution in [0.4, 0.5) is 4.39 Å². The number of fused-ring (bicyclic) bond motifs is 1. The molecule has 1 saturated heterocycles. The highest BCUT2D eigenvalue weighted by atomic mass is 35.5. The molecule has 3 aromatic rings. The van der Waals surface area contributed by atoms with Gasteiger partial charge in [0.1, 0.15) is 34.0 Å². The number of hydrogen-bond acceptors (Lipinski definition) is 8. The van der Waals surface area contributed by atoms with Gasteiger partial charge in [-0.05, 0) is 32.1 Å². The lowest BCUT2D eigenvalue weighted by atomic mass is 9.89. The summed E-state index contributed by atoms with van der Waals surface area (Å²) >= 11 is 11.9. The van der Waals surface area contributed by atoms with Crippen molar-refractivity contribution in [3.8, 4) is 22.8 Å². The van der Waals surface area contributed by atoms with Crippen molar-refractivity contribution in [1.82, 2.24) is 4.90 Å². The van der Waals surface area contributed by atoms with Gasteiger partial charge in [-0.15, -0.1) is 0 Å². The highest BCUT2D eigenvalue weighted by Gasteiger charge is 2.36. The summed E-state index contributed by atoms with van der Waals surface area (Å²) in [6.07, 6.45) is 1.71. The first-order chi connectivity index (χ1) is 17.8. The van der Waals surface area contributed by atoms with E-state index in [9.17, 15) is 34.1 Å². The standard InChI is InChI=1S/C21H18Cl2FNO5.C4H4O4/c1-25-3-2-9(14(25)8-26)19-15(27)6-16(28)20-17(29)7-18(30-21(19)20)10-4-13(24)12(23)5-11(10)22;5-3(6)1-2-4(7)8/h4-7,9,14,26-28H,2-3,8H2,1H3;1-2H,(H,5,6)(H,7,8)/b;2-1-. The van der Waals surface area contributed by atoms with Gasteiger partial charge in [0, 0.05) is 47.4 Å². The fourth-order valence-corrected chi connectivity index (χ4v) is 4.75. The van der Waals surface area contributed by atoms with E-state index in [0.29, 0.717) is 30.7 Å². The van der Waals surface area contributed by atoms with Crippen molar-refractivity contribution in [2.75, 3.05) is 20.2 Å². The van der Waals surface area contributed by atoms with Crippen LogP contribution >= 0.6 is 23.2 Å². The van der Waals surface area contributed by atoms with Crippen LogP contribution in [-0.4, -0.2) is 68.6 Å². The predicted octanol–water partition coefficient (Wildman–Crippen LogP) is 3.81. The van der Waals surface area contributed by atoms with Crippen LogP contribution < -0.4 is 5.43 Å². The molecule has 0 spiro atoms. The Kier molecular flexibility index (Phi) is 9.00. The van der Waals surface area contributed by atoms with Gasteiger partial charge in [-0.3, -0.25) is 4.79 Å². The van der Waals surface area contributed by atoms with Gasteiger partial charge >= 0.3 is 11.9 Å². The number of carbonyl (C=O) groups is 2. The number of likely N-dealkylation sites (tertiary alicyclic amines) is 1. The number of nitrogens with zero attached hydrogens (tertiary/aromatic N) is 1. The van der Waals surface area contributed by atoms with Crippen molar-refractivity contribution in [3.63, 3.8) is 0 Å². The first-order valence-electron chi connectivity index (χ1n) is 11.0. The third-order valence-corrected chi connectivity index (χ3v) is 6.63. The number of aliphatic hydroxyl groups excluding tert-OH is 1. The summed E-state index contributed by atoms with van der Waals surface area (Å²) in [6, 6.07) is 4.13. The second-order valence-electron chi connectivity index (χ2n) is 8.39. The topological polar surface area (TPSA) is 169 Å². The molecule has 13 heteroatoms. The number of phenols is 2. The number of likely N-dealkylation sites (N-methyl/N-ethyl adjacent to an activating group) is 1. The van der Waals surface area contributed by atoms with Gasteiger partial charge in [-0.25, -0.2) is 14.0 Å². The fraction of sp³-hybridized carbons (Fsp3) is 0.240. The van der Waals surface area contributed by atoms with Gasteiger partial charge in [-0.1, -0.05) is 23.2 Å². The Bertz CT molecular complexity index is 1470. The molecule has 0 saturated carbocycles. The highest BCUT2D eigenvalue weighted by molar-refractivity contribution is 6.36. The largest absolute Gasteiger partial charge is 0.507 e. The highest BCUT2D eigenvalue weighted by Crippen LogP contribution is 2.44. The summed E-state index contributed by atoms with van der Waals surface area (Å²) in [6.45, 7) is 0.497. The molecule has 0 bridgehead atoms. The molecule has 0 amide bonds. The van der Waals surface area contributed by atoms with Crippen LogP contribution in [-0.2, 0) is 9.59 Å². The number of phenolic OH excluding ortho intramolecular Hbond substituents is 2. The third kappa shape index (κ3) is 6.08. The Morgan fingerprint density at radius 2 is 1.71 bits per heavy atom. The SMILES string of the molecule is CN1CCC(c2c(O)cc(O)c3c(=O)cc(-c4cc(F)c(Cl)cc4Cl)oc23)C1CO.O=C(O)/C=C\C(=O)O. The van der Waals surface area contributed by atoms with Gasteiger partial charge in [0.2, 0.25) is 0 Å². The molecule has 1 fully saturated rings. The third-order valence-electron chi connectivity index (χ3n) is 6.02. The molecule has 2 atom stereocenters. The number of aliphatic carboxylic acids is 2. The van der Waals surface area contributed by atoms with Crippen LogP contribution in [0.25, 0.3) is 22.3 Å². The Balaban J connectivity index is 0.000000436. The first kappa shape index (κ1) is 28.9. The quantitative estimate of drug-likeness (QED) is 0.225. The molecule has 1 aromatic heterocycles. The second kappa shape index (κ2) is 11.8. The molecule has 10 nitrogen and oxygen atoms in total. The lowest BCUT2D eigenvalue weighted by molar-refractivity contribution is -0.134. The first-order valence-corrected chi connectivity index (χ1v) is 11.7. The minimum Gasteiger partial charge on any atom is -0.507 e. The summed E-state index contributed by atoms with van der Waals surface area (Å²) in [5.74, 6) is -4.33. The summed E-state index contributed by atoms with van der Waals surface area (Å²) in [5.41, 5.74) is -0.201. The number of halogens is 3. The van der Waals surface area contributed by atoms with Crippen molar-refractivity contribution in [2.24, 2.45) is 0 Å². The second-order valence-corrected chi connectivity index (χ2v) is 9.20. The number of carboxylic acid groups (broad SMARTS) is 2. The van der Waals surface area contributed by atoms with E-state index < -0.39 is 28.9 Å². The van der Waals surface area contributed by atoms with Crippen LogP contribution in [0.3, 0.4) is 0 Å². The van der Waals surface area contributed by atoms with Crippen LogP contribution in [0.15, 0.2) is 45.6 Å². The minimum atomic E-state index is -1.26. The molecule has 2 heterocycles. The van der Waals surface area contributed by atoms with E-state index in [4.69, 9.17) is 37.8 Å². The molecular weight excluding hydrogens is 548 g/mol.